The van der Waals surface area contributed by atoms with Crippen molar-refractivity contribution >= 4 is 11.8 Å². The lowest BCUT2D eigenvalue weighted by atomic mass is 10.1. The van der Waals surface area contributed by atoms with Gasteiger partial charge in [0.2, 0.25) is 5.91 Å². The van der Waals surface area contributed by atoms with Gasteiger partial charge >= 0.3 is 0 Å². The van der Waals surface area contributed by atoms with Crippen LogP contribution in [0.1, 0.15) is 40.0 Å². The van der Waals surface area contributed by atoms with Crippen LogP contribution in [-0.4, -0.2) is 54.3 Å². The molecule has 1 aliphatic heterocycles. The average Bonchev–Trinajstić information content (AvgIpc) is 2.67. The summed E-state index contributed by atoms with van der Waals surface area (Å²) < 4.78 is 13.0. The van der Waals surface area contributed by atoms with E-state index >= 15 is 0 Å². The maximum atomic E-state index is 13.0. The number of carbonyl (C=O) groups is 2. The van der Waals surface area contributed by atoms with Crippen molar-refractivity contribution in [3.63, 3.8) is 0 Å². The van der Waals surface area contributed by atoms with Gasteiger partial charge in [0.05, 0.1) is 12.6 Å². The van der Waals surface area contributed by atoms with Crippen molar-refractivity contribution in [1.29, 1.82) is 0 Å². The fourth-order valence-electron chi connectivity index (χ4n) is 3.71. The number of hydrogen-bond acceptors (Lipinski definition) is 3. The molecule has 0 bridgehead atoms. The lowest BCUT2D eigenvalue weighted by molar-refractivity contribution is -0.123. The first-order chi connectivity index (χ1) is 13.8. The number of aryl methyl sites for hydroxylation is 2. The van der Waals surface area contributed by atoms with E-state index in [1.807, 2.05) is 37.8 Å². The van der Waals surface area contributed by atoms with E-state index in [9.17, 15) is 14.0 Å². The minimum atomic E-state index is -0.291. The first kappa shape index (κ1) is 21.0. The number of nitrogens with one attached hydrogen (secondary N) is 1. The highest BCUT2D eigenvalue weighted by atomic mass is 19.1. The Balaban J connectivity index is 1.48. The molecular weight excluding hydrogens is 369 g/mol. The standard InChI is InChI=1S/C23H28FN3O2/c1-16-12-17(2)14-20(13-16)23(29)27-10-8-26(9-11-27)15-22(28)25-18(3)19-4-6-21(24)7-5-19/h4-7,12-14,18H,8-11,15H2,1-3H3,(H,25,28). The number of rotatable bonds is 5. The van der Waals surface area contributed by atoms with E-state index in [0.29, 0.717) is 26.2 Å². The molecule has 1 N–H and O–H groups in total. The summed E-state index contributed by atoms with van der Waals surface area (Å²) in [5.74, 6) is -0.317. The van der Waals surface area contributed by atoms with E-state index < -0.39 is 0 Å². The summed E-state index contributed by atoms with van der Waals surface area (Å²) in [6.45, 7) is 8.69. The van der Waals surface area contributed by atoms with Gasteiger partial charge in [-0.2, -0.15) is 0 Å². The summed E-state index contributed by atoms with van der Waals surface area (Å²) >= 11 is 0. The molecule has 0 aromatic heterocycles. The van der Waals surface area contributed by atoms with Crippen LogP contribution in [0.2, 0.25) is 0 Å². The Morgan fingerprint density at radius 1 is 1.00 bits per heavy atom. The predicted molar refractivity (Wildman–Crippen MR) is 111 cm³/mol. The van der Waals surface area contributed by atoms with Gasteiger partial charge in [0.1, 0.15) is 5.82 Å². The lowest BCUT2D eigenvalue weighted by Gasteiger charge is -2.34. The van der Waals surface area contributed by atoms with Gasteiger partial charge in [0.25, 0.3) is 5.91 Å². The van der Waals surface area contributed by atoms with Crippen molar-refractivity contribution < 1.29 is 14.0 Å². The molecule has 0 saturated carbocycles. The van der Waals surface area contributed by atoms with E-state index in [1.54, 1.807) is 12.1 Å². The van der Waals surface area contributed by atoms with Crippen molar-refractivity contribution in [2.45, 2.75) is 26.8 Å². The minimum Gasteiger partial charge on any atom is -0.348 e. The minimum absolute atomic E-state index is 0.0471. The second-order valence-corrected chi connectivity index (χ2v) is 7.79. The summed E-state index contributed by atoms with van der Waals surface area (Å²) in [5.41, 5.74) is 3.75. The molecule has 2 amide bonds. The van der Waals surface area contributed by atoms with Crippen LogP contribution in [0.5, 0.6) is 0 Å². The highest BCUT2D eigenvalue weighted by molar-refractivity contribution is 5.94. The van der Waals surface area contributed by atoms with Crippen LogP contribution in [0.4, 0.5) is 4.39 Å². The van der Waals surface area contributed by atoms with Crippen LogP contribution in [0.25, 0.3) is 0 Å². The SMILES string of the molecule is Cc1cc(C)cc(C(=O)N2CCN(CC(=O)NC(C)c3ccc(F)cc3)CC2)c1. The Hall–Kier alpha value is -2.73. The molecule has 154 valence electrons. The Kier molecular flexibility index (Phi) is 6.64. The molecule has 6 heteroatoms. The molecule has 0 aliphatic carbocycles. The van der Waals surface area contributed by atoms with Gasteiger partial charge in [-0.05, 0) is 50.6 Å². The zero-order chi connectivity index (χ0) is 21.0. The van der Waals surface area contributed by atoms with Crippen LogP contribution in [0.15, 0.2) is 42.5 Å². The molecule has 1 atom stereocenters. The van der Waals surface area contributed by atoms with E-state index in [2.05, 4.69) is 16.3 Å². The quantitative estimate of drug-likeness (QED) is 0.844. The van der Waals surface area contributed by atoms with E-state index in [1.165, 1.54) is 12.1 Å². The number of carbonyl (C=O) groups excluding carboxylic acids is 2. The fraction of sp³-hybridized carbons (Fsp3) is 0.391. The normalized spacial score (nSPS) is 15.8. The Bertz CT molecular complexity index is 854. The summed E-state index contributed by atoms with van der Waals surface area (Å²) in [6, 6.07) is 11.9. The molecule has 1 unspecified atom stereocenters. The van der Waals surface area contributed by atoms with Gasteiger partial charge in [-0.1, -0.05) is 29.3 Å². The Morgan fingerprint density at radius 3 is 2.17 bits per heavy atom. The monoisotopic (exact) mass is 397 g/mol. The summed E-state index contributed by atoms with van der Waals surface area (Å²) in [5, 5.41) is 2.95. The molecule has 1 fully saturated rings. The fourth-order valence-corrected chi connectivity index (χ4v) is 3.71. The Morgan fingerprint density at radius 2 is 1.59 bits per heavy atom. The van der Waals surface area contributed by atoms with Crippen LogP contribution in [0, 0.1) is 19.7 Å². The van der Waals surface area contributed by atoms with Gasteiger partial charge in [0, 0.05) is 31.7 Å². The van der Waals surface area contributed by atoms with Crippen LogP contribution < -0.4 is 5.32 Å². The number of hydrogen-bond donors (Lipinski definition) is 1. The van der Waals surface area contributed by atoms with Crippen molar-refractivity contribution in [2.24, 2.45) is 0 Å². The van der Waals surface area contributed by atoms with Gasteiger partial charge < -0.3 is 10.2 Å². The molecule has 2 aromatic rings. The number of halogens is 1. The molecular formula is C23H28FN3O2. The molecule has 3 rings (SSSR count). The van der Waals surface area contributed by atoms with Crippen LogP contribution >= 0.6 is 0 Å². The number of benzene rings is 2. The highest BCUT2D eigenvalue weighted by Gasteiger charge is 2.24. The van der Waals surface area contributed by atoms with Gasteiger partial charge in [-0.3, -0.25) is 14.5 Å². The largest absolute Gasteiger partial charge is 0.348 e. The van der Waals surface area contributed by atoms with E-state index in [-0.39, 0.29) is 30.2 Å². The molecule has 29 heavy (non-hydrogen) atoms. The van der Waals surface area contributed by atoms with E-state index in [4.69, 9.17) is 0 Å². The van der Waals surface area contributed by atoms with Gasteiger partial charge in [0.15, 0.2) is 0 Å². The first-order valence-electron chi connectivity index (χ1n) is 9.96. The maximum Gasteiger partial charge on any atom is 0.253 e. The third-order valence-electron chi connectivity index (χ3n) is 5.24. The number of piperazine rings is 1. The van der Waals surface area contributed by atoms with E-state index in [0.717, 1.165) is 22.3 Å². The second kappa shape index (κ2) is 9.18. The van der Waals surface area contributed by atoms with Gasteiger partial charge in [-0.15, -0.1) is 0 Å². The maximum absolute atomic E-state index is 13.0. The lowest BCUT2D eigenvalue weighted by Crippen LogP contribution is -2.51. The average molecular weight is 397 g/mol. The molecule has 1 aliphatic rings. The number of amides is 2. The van der Waals surface area contributed by atoms with Crippen LogP contribution in [-0.2, 0) is 4.79 Å². The molecule has 5 nitrogen and oxygen atoms in total. The summed E-state index contributed by atoms with van der Waals surface area (Å²) in [6.07, 6.45) is 0. The first-order valence-corrected chi connectivity index (χ1v) is 9.96. The van der Waals surface area contributed by atoms with Crippen molar-refractivity contribution in [3.05, 3.63) is 70.5 Å². The third kappa shape index (κ3) is 5.64. The highest BCUT2D eigenvalue weighted by Crippen LogP contribution is 2.15. The zero-order valence-corrected chi connectivity index (χ0v) is 17.2. The molecule has 1 heterocycles. The smallest absolute Gasteiger partial charge is 0.253 e. The number of nitrogens with zero attached hydrogens (tertiary/aromatic N) is 2. The zero-order valence-electron chi connectivity index (χ0n) is 17.2. The molecule has 2 aromatic carbocycles. The summed E-state index contributed by atoms with van der Waals surface area (Å²) in [4.78, 5) is 29.0. The predicted octanol–water partition coefficient (Wildman–Crippen LogP) is 3.08. The Labute approximate surface area is 171 Å². The molecule has 0 radical (unpaired) electrons. The van der Waals surface area contributed by atoms with Crippen LogP contribution in [0.3, 0.4) is 0 Å². The van der Waals surface area contributed by atoms with Crippen molar-refractivity contribution in [2.75, 3.05) is 32.7 Å². The molecule has 1 saturated heterocycles. The van der Waals surface area contributed by atoms with Crippen molar-refractivity contribution in [3.8, 4) is 0 Å². The molecule has 0 spiro atoms. The second-order valence-electron chi connectivity index (χ2n) is 7.79. The third-order valence-corrected chi connectivity index (χ3v) is 5.24. The van der Waals surface area contributed by atoms with Crippen molar-refractivity contribution in [1.82, 2.24) is 15.1 Å². The summed E-state index contributed by atoms with van der Waals surface area (Å²) in [7, 11) is 0. The van der Waals surface area contributed by atoms with Gasteiger partial charge in [-0.25, -0.2) is 4.39 Å². The topological polar surface area (TPSA) is 52.7 Å².